The molecule has 1 aromatic carbocycles. The number of hydrogen-bond donors (Lipinski definition) is 3. The highest BCUT2D eigenvalue weighted by Gasteiger charge is 2.45. The van der Waals surface area contributed by atoms with E-state index in [2.05, 4.69) is 25.0 Å². The molecule has 12 heteroatoms. The third-order valence-electron chi connectivity index (χ3n) is 7.26. The Morgan fingerprint density at radius 3 is 2.80 bits per heavy atom. The summed E-state index contributed by atoms with van der Waals surface area (Å²) in [6.45, 7) is 8.21. The largest absolute Gasteiger partial charge is 0.464 e. The van der Waals surface area contributed by atoms with Crippen LogP contribution in [0.2, 0.25) is 0 Å². The summed E-state index contributed by atoms with van der Waals surface area (Å²) in [5.74, 6) is -0.119. The number of imidazole rings is 1. The van der Waals surface area contributed by atoms with E-state index in [0.717, 1.165) is 5.56 Å². The number of piperidine rings is 1. The number of hydrogen-bond acceptors (Lipinski definition) is 8. The molecular formula is C28H38N6O5S. The van der Waals surface area contributed by atoms with Crippen LogP contribution in [-0.2, 0) is 24.3 Å². The number of likely N-dealkylation sites (tertiary alicyclic amines) is 1. The second-order valence-electron chi connectivity index (χ2n) is 10.6. The van der Waals surface area contributed by atoms with Crippen LogP contribution >= 0.6 is 0 Å². The average molecular weight is 571 g/mol. The molecule has 3 heterocycles. The number of amides is 1. The van der Waals surface area contributed by atoms with Crippen molar-refractivity contribution in [1.82, 2.24) is 24.6 Å². The predicted molar refractivity (Wildman–Crippen MR) is 152 cm³/mol. The maximum absolute atomic E-state index is 14.2. The Hall–Kier alpha value is -3.51. The lowest BCUT2D eigenvalue weighted by molar-refractivity contribution is -0.159. The zero-order chi connectivity index (χ0) is 28.9. The summed E-state index contributed by atoms with van der Waals surface area (Å²) in [5.41, 5.74) is -0.309. The number of ether oxygens (including phenoxy) is 1. The Bertz CT molecular complexity index is 1440. The van der Waals surface area contributed by atoms with Gasteiger partial charge in [0.25, 0.3) is 0 Å². The van der Waals surface area contributed by atoms with Crippen LogP contribution in [0, 0.1) is 12.8 Å². The van der Waals surface area contributed by atoms with Crippen LogP contribution in [0.5, 0.6) is 0 Å². The van der Waals surface area contributed by atoms with Gasteiger partial charge in [-0.3, -0.25) is 9.78 Å². The van der Waals surface area contributed by atoms with E-state index in [0.29, 0.717) is 49.2 Å². The summed E-state index contributed by atoms with van der Waals surface area (Å²) in [6.07, 6.45) is 6.72. The highest BCUT2D eigenvalue weighted by atomic mass is 32.2. The summed E-state index contributed by atoms with van der Waals surface area (Å²) in [5, 5.41) is 3.82. The van der Waals surface area contributed by atoms with Gasteiger partial charge in [0.1, 0.15) is 16.5 Å². The third-order valence-corrected chi connectivity index (χ3v) is 8.89. The lowest BCUT2D eigenvalue weighted by atomic mass is 9.88. The van der Waals surface area contributed by atoms with Crippen LogP contribution in [-0.4, -0.2) is 71.4 Å². The molecule has 1 fully saturated rings. The van der Waals surface area contributed by atoms with E-state index in [4.69, 9.17) is 4.74 Å². The van der Waals surface area contributed by atoms with E-state index >= 15 is 0 Å². The van der Waals surface area contributed by atoms with Gasteiger partial charge in [0.15, 0.2) is 5.95 Å². The van der Waals surface area contributed by atoms with Gasteiger partial charge in [-0.05, 0) is 70.1 Å². The van der Waals surface area contributed by atoms with Crippen LogP contribution in [0.1, 0.15) is 52.0 Å². The minimum absolute atomic E-state index is 0.00746. The highest BCUT2D eigenvalue weighted by Crippen LogP contribution is 2.30. The number of aromatic amines is 1. The van der Waals surface area contributed by atoms with Crippen molar-refractivity contribution in [3.8, 4) is 0 Å². The number of H-pyrrole nitrogens is 1. The first-order valence-corrected chi connectivity index (χ1v) is 15.1. The predicted octanol–water partition coefficient (Wildman–Crippen LogP) is 3.39. The number of pyridine rings is 1. The molecular weight excluding hydrogens is 532 g/mol. The molecule has 0 saturated carbocycles. The maximum Gasteiger partial charge on any atom is 0.328 e. The Balaban J connectivity index is 1.65. The molecule has 0 bridgehead atoms. The fraction of sp³-hybridized carbons (Fsp3) is 0.500. The smallest absolute Gasteiger partial charge is 0.328 e. The first-order chi connectivity index (χ1) is 19.0. The van der Waals surface area contributed by atoms with Crippen molar-refractivity contribution in [2.45, 2.75) is 69.9 Å². The number of rotatable bonds is 11. The summed E-state index contributed by atoms with van der Waals surface area (Å²) in [7, 11) is -4.20. The van der Waals surface area contributed by atoms with Crippen molar-refractivity contribution in [1.29, 1.82) is 0 Å². The minimum Gasteiger partial charge on any atom is -0.464 e. The summed E-state index contributed by atoms with van der Waals surface area (Å²) >= 11 is 0. The first-order valence-electron chi connectivity index (χ1n) is 13.6. The normalized spacial score (nSPS) is 19.2. The van der Waals surface area contributed by atoms with Gasteiger partial charge in [-0.15, -0.1) is 0 Å². The third kappa shape index (κ3) is 6.61. The number of carbonyl (C=O) groups excluding carboxylic acids is 2. The molecule has 1 saturated heterocycles. The van der Waals surface area contributed by atoms with Crippen LogP contribution in [0.15, 0.2) is 47.8 Å². The van der Waals surface area contributed by atoms with Crippen LogP contribution in [0.25, 0.3) is 10.9 Å². The fourth-order valence-electron chi connectivity index (χ4n) is 5.19. The first kappa shape index (κ1) is 29.5. The molecule has 3 N–H and O–H groups in total. The van der Waals surface area contributed by atoms with Crippen molar-refractivity contribution >= 4 is 38.8 Å². The lowest BCUT2D eigenvalue weighted by Crippen LogP contribution is -2.62. The number of nitrogens with zero attached hydrogens (tertiary/aromatic N) is 3. The van der Waals surface area contributed by atoms with Crippen molar-refractivity contribution in [2.24, 2.45) is 5.92 Å². The van der Waals surface area contributed by atoms with E-state index in [1.54, 1.807) is 44.6 Å². The molecule has 1 aliphatic heterocycles. The number of nitrogens with one attached hydrogen (secondary N) is 3. The van der Waals surface area contributed by atoms with Crippen molar-refractivity contribution in [2.75, 3.05) is 25.0 Å². The van der Waals surface area contributed by atoms with Crippen molar-refractivity contribution < 1.29 is 22.7 Å². The molecule has 1 aliphatic rings. The second-order valence-corrected chi connectivity index (χ2v) is 12.3. The Kier molecular flexibility index (Phi) is 9.09. The highest BCUT2D eigenvalue weighted by molar-refractivity contribution is 7.89. The van der Waals surface area contributed by atoms with Gasteiger partial charge in [0.05, 0.1) is 12.1 Å². The molecule has 40 heavy (non-hydrogen) atoms. The Labute approximate surface area is 235 Å². The standard InChI is InChI=1S/C28H38N6O5S/c1-5-39-25(35)22-17-19(2)10-15-34(22)26(36)28(4,11-7-12-29-27-30-13-14-31-27)33-40(37,38)23-9-6-8-21-16-20(3)18-32-24(21)23/h6,8-9,13-14,16,18-19,22,33H,5,7,10-12,15,17H2,1-4H3,(H2,29,30,31)/t19?,22?,28-/m0/s1. The van der Waals surface area contributed by atoms with Crippen molar-refractivity contribution in [3.63, 3.8) is 0 Å². The average Bonchev–Trinajstić information content (AvgIpc) is 3.44. The molecule has 0 aliphatic carbocycles. The van der Waals surface area contributed by atoms with Gasteiger partial charge in [-0.2, -0.15) is 4.72 Å². The molecule has 11 nitrogen and oxygen atoms in total. The zero-order valence-electron chi connectivity index (χ0n) is 23.4. The molecule has 2 unspecified atom stereocenters. The van der Waals surface area contributed by atoms with E-state index < -0.39 is 33.5 Å². The number of benzene rings is 1. The van der Waals surface area contributed by atoms with Gasteiger partial charge in [-0.25, -0.2) is 18.2 Å². The van der Waals surface area contributed by atoms with E-state index in [1.807, 2.05) is 19.9 Å². The number of carbonyl (C=O) groups is 2. The summed E-state index contributed by atoms with van der Waals surface area (Å²) < 4.78 is 35.8. The van der Waals surface area contributed by atoms with Gasteiger partial charge in [0, 0.05) is 37.1 Å². The van der Waals surface area contributed by atoms with E-state index in [-0.39, 0.29) is 23.8 Å². The number of aromatic nitrogens is 3. The lowest BCUT2D eigenvalue weighted by Gasteiger charge is -2.42. The molecule has 4 rings (SSSR count). The number of anilines is 1. The molecule has 0 radical (unpaired) electrons. The van der Waals surface area contributed by atoms with Crippen molar-refractivity contribution in [3.05, 3.63) is 48.4 Å². The van der Waals surface area contributed by atoms with Crippen LogP contribution in [0.4, 0.5) is 5.95 Å². The number of aryl methyl sites for hydroxylation is 1. The topological polar surface area (TPSA) is 146 Å². The molecule has 1 amide bonds. The quantitative estimate of drug-likeness (QED) is 0.235. The SMILES string of the molecule is CCOC(=O)C1CC(C)CCN1C(=O)[C@](C)(CCCNc1ncc[nH]1)NS(=O)(=O)c1cccc2cc(C)cnc12. The van der Waals surface area contributed by atoms with Gasteiger partial charge in [-0.1, -0.05) is 19.1 Å². The van der Waals surface area contributed by atoms with Gasteiger partial charge in [0.2, 0.25) is 15.9 Å². The molecule has 216 valence electrons. The number of fused-ring (bicyclic) bond motifs is 1. The van der Waals surface area contributed by atoms with E-state index in [9.17, 15) is 18.0 Å². The fourth-order valence-corrected chi connectivity index (χ4v) is 6.76. The molecule has 3 aromatic rings. The second kappa shape index (κ2) is 12.3. The molecule has 2 aromatic heterocycles. The van der Waals surface area contributed by atoms with Crippen LogP contribution < -0.4 is 10.0 Å². The monoisotopic (exact) mass is 570 g/mol. The van der Waals surface area contributed by atoms with Gasteiger partial charge < -0.3 is 19.9 Å². The van der Waals surface area contributed by atoms with Crippen LogP contribution in [0.3, 0.4) is 0 Å². The number of sulfonamides is 1. The zero-order valence-corrected chi connectivity index (χ0v) is 24.3. The summed E-state index contributed by atoms with van der Waals surface area (Å²) in [4.78, 5) is 40.1. The number of esters is 1. The number of para-hydroxylation sites is 1. The van der Waals surface area contributed by atoms with Gasteiger partial charge >= 0.3 is 5.97 Å². The Morgan fingerprint density at radius 1 is 1.27 bits per heavy atom. The van der Waals surface area contributed by atoms with E-state index in [1.165, 1.54) is 11.0 Å². The maximum atomic E-state index is 14.2. The minimum atomic E-state index is -4.20. The Morgan fingerprint density at radius 2 is 2.08 bits per heavy atom. The molecule has 3 atom stereocenters. The summed E-state index contributed by atoms with van der Waals surface area (Å²) in [6, 6.07) is 6.04. The molecule has 0 spiro atoms.